The summed E-state index contributed by atoms with van der Waals surface area (Å²) >= 11 is 0.767. The van der Waals surface area contributed by atoms with Gasteiger partial charge in [0, 0.05) is 11.8 Å². The van der Waals surface area contributed by atoms with Gasteiger partial charge in [-0.15, -0.1) is 0 Å². The molecule has 1 aromatic rings. The molecule has 0 saturated heterocycles. The molecule has 7 nitrogen and oxygen atoms in total. The number of carbonyl (C=O) groups is 2. The Morgan fingerprint density at radius 2 is 1.89 bits per heavy atom. The number of hydrogen-bond acceptors (Lipinski definition) is 7. The van der Waals surface area contributed by atoms with Crippen molar-refractivity contribution in [3.05, 3.63) is 22.1 Å². The van der Waals surface area contributed by atoms with Gasteiger partial charge in [-0.2, -0.15) is 0 Å². The van der Waals surface area contributed by atoms with E-state index < -0.39 is 17.2 Å². The van der Waals surface area contributed by atoms with Crippen molar-refractivity contribution in [2.24, 2.45) is 0 Å². The maximum absolute atomic E-state index is 11.4. The summed E-state index contributed by atoms with van der Waals surface area (Å²) in [7, 11) is 2.32. The number of carbonyl (C=O) groups excluding carboxylic acids is 2. The van der Waals surface area contributed by atoms with Crippen molar-refractivity contribution in [3.8, 4) is 0 Å². The Labute approximate surface area is 107 Å². The SMILES string of the molecule is COC(=O)C(Sc1nc(C)cc(=O)[nH]1)C(=O)OC. The number of methoxy groups -OCH3 is 2. The fourth-order valence-corrected chi connectivity index (χ4v) is 2.09. The number of aromatic nitrogens is 2. The fourth-order valence-electron chi connectivity index (χ4n) is 1.13. The molecule has 0 fully saturated rings. The monoisotopic (exact) mass is 272 g/mol. The van der Waals surface area contributed by atoms with Gasteiger partial charge >= 0.3 is 11.9 Å². The van der Waals surface area contributed by atoms with E-state index in [4.69, 9.17) is 0 Å². The number of aryl methyl sites for hydroxylation is 1. The highest BCUT2D eigenvalue weighted by Gasteiger charge is 2.30. The molecule has 1 heterocycles. The van der Waals surface area contributed by atoms with Gasteiger partial charge in [-0.1, -0.05) is 11.8 Å². The Morgan fingerprint density at radius 1 is 1.33 bits per heavy atom. The van der Waals surface area contributed by atoms with E-state index in [2.05, 4.69) is 19.4 Å². The van der Waals surface area contributed by atoms with E-state index in [1.165, 1.54) is 6.07 Å². The van der Waals surface area contributed by atoms with E-state index in [1.54, 1.807) is 6.92 Å². The Bertz CT molecular complexity index is 497. The molecule has 1 aromatic heterocycles. The summed E-state index contributed by atoms with van der Waals surface area (Å²) < 4.78 is 8.98. The van der Waals surface area contributed by atoms with E-state index in [1.807, 2.05) is 0 Å². The first-order valence-corrected chi connectivity index (χ1v) is 5.76. The average Bonchev–Trinajstić information content (AvgIpc) is 2.33. The standard InChI is InChI=1S/C10H12N2O5S/c1-5-4-6(13)12-10(11-5)18-7(8(14)16-2)9(15)17-3/h4,7H,1-3H3,(H,11,12,13). The second kappa shape index (κ2) is 6.20. The van der Waals surface area contributed by atoms with Gasteiger partial charge in [-0.05, 0) is 6.92 Å². The summed E-state index contributed by atoms with van der Waals surface area (Å²) in [5.41, 5.74) is 0.119. The van der Waals surface area contributed by atoms with Crippen LogP contribution in [0, 0.1) is 6.92 Å². The van der Waals surface area contributed by atoms with E-state index in [0.717, 1.165) is 26.0 Å². The highest BCUT2D eigenvalue weighted by Crippen LogP contribution is 2.20. The van der Waals surface area contributed by atoms with Crippen LogP contribution in [0.25, 0.3) is 0 Å². The maximum atomic E-state index is 11.4. The second-order valence-corrected chi connectivity index (χ2v) is 4.33. The van der Waals surface area contributed by atoms with Gasteiger partial charge in [0.15, 0.2) is 5.16 Å². The first-order valence-electron chi connectivity index (χ1n) is 4.88. The predicted octanol–water partition coefficient (Wildman–Crippen LogP) is -0.115. The Morgan fingerprint density at radius 3 is 2.33 bits per heavy atom. The molecular weight excluding hydrogens is 260 g/mol. The molecule has 0 aromatic carbocycles. The molecule has 1 rings (SSSR count). The maximum Gasteiger partial charge on any atom is 0.330 e. The zero-order chi connectivity index (χ0) is 13.7. The molecule has 0 aliphatic carbocycles. The van der Waals surface area contributed by atoms with Crippen molar-refractivity contribution >= 4 is 23.7 Å². The third kappa shape index (κ3) is 3.59. The summed E-state index contributed by atoms with van der Waals surface area (Å²) in [5, 5.41) is -1.06. The van der Waals surface area contributed by atoms with Gasteiger partial charge in [-0.25, -0.2) is 4.98 Å². The Kier molecular flexibility index (Phi) is 4.90. The molecule has 8 heteroatoms. The van der Waals surface area contributed by atoms with Crippen LogP contribution in [0.3, 0.4) is 0 Å². The lowest BCUT2D eigenvalue weighted by molar-refractivity contribution is -0.150. The number of aromatic amines is 1. The number of hydrogen-bond donors (Lipinski definition) is 1. The zero-order valence-corrected chi connectivity index (χ0v) is 10.9. The van der Waals surface area contributed by atoms with Gasteiger partial charge in [0.1, 0.15) is 0 Å². The smallest absolute Gasteiger partial charge is 0.330 e. The fraction of sp³-hybridized carbons (Fsp3) is 0.400. The van der Waals surface area contributed by atoms with Crippen molar-refractivity contribution in [2.75, 3.05) is 14.2 Å². The summed E-state index contributed by atoms with van der Waals surface area (Å²) in [6, 6.07) is 1.30. The summed E-state index contributed by atoms with van der Waals surface area (Å²) in [4.78, 5) is 40.5. The first kappa shape index (κ1) is 14.2. The van der Waals surface area contributed by atoms with Crippen molar-refractivity contribution in [1.82, 2.24) is 9.97 Å². The van der Waals surface area contributed by atoms with Gasteiger partial charge in [0.2, 0.25) is 5.25 Å². The quantitative estimate of drug-likeness (QED) is 0.353. The van der Waals surface area contributed by atoms with Crippen LogP contribution in [0.5, 0.6) is 0 Å². The molecule has 0 unspecified atom stereocenters. The van der Waals surface area contributed by atoms with Crippen molar-refractivity contribution < 1.29 is 19.1 Å². The highest BCUT2D eigenvalue weighted by molar-refractivity contribution is 8.01. The summed E-state index contributed by atoms with van der Waals surface area (Å²) in [6.45, 7) is 1.63. The Balaban J connectivity index is 2.99. The minimum atomic E-state index is -1.22. The summed E-state index contributed by atoms with van der Waals surface area (Å²) in [5.74, 6) is -1.54. The molecule has 1 N–H and O–H groups in total. The topological polar surface area (TPSA) is 98.4 Å². The number of nitrogens with zero attached hydrogens (tertiary/aromatic N) is 1. The number of rotatable bonds is 4. The third-order valence-corrected chi connectivity index (χ3v) is 2.95. The number of thioether (sulfide) groups is 1. The van der Waals surface area contributed by atoms with E-state index >= 15 is 0 Å². The molecule has 0 amide bonds. The van der Waals surface area contributed by atoms with Crippen LogP contribution >= 0.6 is 11.8 Å². The zero-order valence-electron chi connectivity index (χ0n) is 10.1. The number of ether oxygens (including phenoxy) is 2. The molecule has 0 aliphatic rings. The number of nitrogens with one attached hydrogen (secondary N) is 1. The first-order chi connectivity index (χ1) is 8.47. The molecule has 0 atom stereocenters. The largest absolute Gasteiger partial charge is 0.468 e. The van der Waals surface area contributed by atoms with Crippen LogP contribution in [0.2, 0.25) is 0 Å². The molecule has 0 radical (unpaired) electrons. The molecule has 0 aliphatic heterocycles. The van der Waals surface area contributed by atoms with Crippen LogP contribution < -0.4 is 5.56 Å². The predicted molar refractivity (Wildman–Crippen MR) is 63.3 cm³/mol. The number of esters is 2. The number of H-pyrrole nitrogens is 1. The minimum Gasteiger partial charge on any atom is -0.468 e. The molecule has 18 heavy (non-hydrogen) atoms. The molecule has 0 spiro atoms. The van der Waals surface area contributed by atoms with Crippen molar-refractivity contribution in [1.29, 1.82) is 0 Å². The van der Waals surface area contributed by atoms with E-state index in [0.29, 0.717) is 5.69 Å². The van der Waals surface area contributed by atoms with E-state index in [-0.39, 0.29) is 10.7 Å². The lowest BCUT2D eigenvalue weighted by Crippen LogP contribution is -2.29. The van der Waals surface area contributed by atoms with Crippen LogP contribution in [0.15, 0.2) is 16.0 Å². The lowest BCUT2D eigenvalue weighted by atomic mass is 10.4. The van der Waals surface area contributed by atoms with Crippen molar-refractivity contribution in [2.45, 2.75) is 17.3 Å². The molecule has 0 saturated carbocycles. The van der Waals surface area contributed by atoms with Gasteiger partial charge < -0.3 is 14.5 Å². The lowest BCUT2D eigenvalue weighted by Gasteiger charge is -2.11. The van der Waals surface area contributed by atoms with E-state index in [9.17, 15) is 14.4 Å². The molecule has 98 valence electrons. The van der Waals surface area contributed by atoms with Crippen LogP contribution in [0.1, 0.15) is 5.69 Å². The average molecular weight is 272 g/mol. The normalized spacial score (nSPS) is 10.2. The molecular formula is C10H12N2O5S. The summed E-state index contributed by atoms with van der Waals surface area (Å²) in [6.07, 6.45) is 0. The minimum absolute atomic E-state index is 0.154. The molecule has 0 bridgehead atoms. The van der Waals surface area contributed by atoms with Crippen molar-refractivity contribution in [3.63, 3.8) is 0 Å². The second-order valence-electron chi connectivity index (χ2n) is 3.24. The Hall–Kier alpha value is -1.83. The van der Waals surface area contributed by atoms with Crippen LogP contribution in [-0.2, 0) is 19.1 Å². The van der Waals surface area contributed by atoms with Crippen LogP contribution in [0.4, 0.5) is 0 Å². The highest BCUT2D eigenvalue weighted by atomic mass is 32.2. The van der Waals surface area contributed by atoms with Gasteiger partial charge in [0.25, 0.3) is 5.56 Å². The van der Waals surface area contributed by atoms with Gasteiger partial charge in [-0.3, -0.25) is 14.4 Å². The van der Waals surface area contributed by atoms with Gasteiger partial charge in [0.05, 0.1) is 14.2 Å². The third-order valence-electron chi connectivity index (χ3n) is 1.91. The van der Waals surface area contributed by atoms with Crippen LogP contribution in [-0.4, -0.2) is 41.4 Å².